The lowest BCUT2D eigenvalue weighted by Crippen LogP contribution is -2.55. The number of carbonyl (C=O) groups excluding carboxylic acids is 2. The number of amides is 2. The Morgan fingerprint density at radius 3 is 2.15 bits per heavy atom. The smallest absolute Gasteiger partial charge is 0.264 e. The summed E-state index contributed by atoms with van der Waals surface area (Å²) in [6, 6.07) is 18.5. The third-order valence-corrected chi connectivity index (χ3v) is 8.87. The third-order valence-electron chi connectivity index (χ3n) is 5.96. The summed E-state index contributed by atoms with van der Waals surface area (Å²) in [7, 11) is -4.14. The van der Waals surface area contributed by atoms with E-state index in [2.05, 4.69) is 21.2 Å². The first-order valence-corrected chi connectivity index (χ1v) is 15.6. The molecular weight excluding hydrogens is 637 g/mol. The second-order valence-electron chi connectivity index (χ2n) is 10.2. The van der Waals surface area contributed by atoms with Gasteiger partial charge >= 0.3 is 0 Å². The van der Waals surface area contributed by atoms with Crippen LogP contribution in [0.15, 0.2) is 82.2 Å². The number of nitrogens with one attached hydrogen (secondary N) is 1. The number of halogens is 3. The fraction of sp³-hybridized carbons (Fsp3) is 0.310. The van der Waals surface area contributed by atoms with Crippen LogP contribution in [0.1, 0.15) is 39.7 Å². The van der Waals surface area contributed by atoms with Gasteiger partial charge in [-0.25, -0.2) is 8.42 Å². The van der Waals surface area contributed by atoms with Gasteiger partial charge in [-0.2, -0.15) is 0 Å². The Kier molecular flexibility index (Phi) is 10.7. The monoisotopic (exact) mass is 667 g/mol. The van der Waals surface area contributed by atoms with E-state index >= 15 is 0 Å². The molecule has 3 aromatic rings. The van der Waals surface area contributed by atoms with E-state index in [0.717, 1.165) is 8.78 Å². The molecule has 3 rings (SSSR count). The highest BCUT2D eigenvalue weighted by atomic mass is 79.9. The molecule has 0 unspecified atom stereocenters. The third kappa shape index (κ3) is 8.22. The van der Waals surface area contributed by atoms with Gasteiger partial charge in [-0.1, -0.05) is 70.3 Å². The molecule has 2 amide bonds. The van der Waals surface area contributed by atoms with Crippen LogP contribution in [-0.2, 0) is 26.2 Å². The highest BCUT2D eigenvalue weighted by Crippen LogP contribution is 2.28. The van der Waals surface area contributed by atoms with Gasteiger partial charge in [0.2, 0.25) is 11.8 Å². The summed E-state index contributed by atoms with van der Waals surface area (Å²) in [5.74, 6) is -0.918. The summed E-state index contributed by atoms with van der Waals surface area (Å²) in [5.41, 5.74) is 0.330. The highest BCUT2D eigenvalue weighted by Gasteiger charge is 2.34. The maximum Gasteiger partial charge on any atom is 0.264 e. The zero-order valence-electron chi connectivity index (χ0n) is 22.7. The number of carbonyl (C=O) groups is 2. The molecule has 40 heavy (non-hydrogen) atoms. The number of hydrogen-bond donors (Lipinski definition) is 1. The molecular formula is C29H32BrCl2N3O4S. The molecule has 0 aliphatic rings. The van der Waals surface area contributed by atoms with Crippen LogP contribution in [0.5, 0.6) is 0 Å². The maximum absolute atomic E-state index is 14.1. The van der Waals surface area contributed by atoms with Crippen molar-refractivity contribution >= 4 is 66.7 Å². The standard InChI is InChI=1S/C29H32BrCl2N3O4S/c1-5-26(28(37)33-29(2,3)4)34(18-20-11-14-22(31)17-25(20)32)27(36)19-35(23-15-12-21(30)13-16-23)40(38,39)24-9-7-6-8-10-24/h6-17,26H,5,18-19H2,1-4H3,(H,33,37)/t26-/m0/s1. The predicted molar refractivity (Wildman–Crippen MR) is 164 cm³/mol. The van der Waals surface area contributed by atoms with Gasteiger partial charge in [-0.3, -0.25) is 13.9 Å². The molecule has 7 nitrogen and oxygen atoms in total. The zero-order valence-corrected chi connectivity index (χ0v) is 26.6. The van der Waals surface area contributed by atoms with Crippen molar-refractivity contribution < 1.29 is 18.0 Å². The van der Waals surface area contributed by atoms with Crippen molar-refractivity contribution in [3.8, 4) is 0 Å². The number of sulfonamides is 1. The summed E-state index contributed by atoms with van der Waals surface area (Å²) in [4.78, 5) is 28.9. The molecule has 0 saturated heterocycles. The Morgan fingerprint density at radius 1 is 0.975 bits per heavy atom. The molecule has 3 aromatic carbocycles. The second kappa shape index (κ2) is 13.4. The van der Waals surface area contributed by atoms with Crippen LogP contribution in [-0.4, -0.2) is 43.3 Å². The molecule has 11 heteroatoms. The number of nitrogens with zero attached hydrogens (tertiary/aromatic N) is 2. The van der Waals surface area contributed by atoms with Crippen molar-refractivity contribution in [3.05, 3.63) is 92.9 Å². The highest BCUT2D eigenvalue weighted by molar-refractivity contribution is 9.10. The van der Waals surface area contributed by atoms with Gasteiger partial charge in [0.1, 0.15) is 12.6 Å². The van der Waals surface area contributed by atoms with Crippen molar-refractivity contribution in [2.75, 3.05) is 10.8 Å². The Morgan fingerprint density at radius 2 is 1.60 bits per heavy atom. The number of rotatable bonds is 10. The molecule has 1 N–H and O–H groups in total. The topological polar surface area (TPSA) is 86.8 Å². The van der Waals surface area contributed by atoms with Crippen LogP contribution >= 0.6 is 39.1 Å². The van der Waals surface area contributed by atoms with E-state index in [1.54, 1.807) is 67.6 Å². The predicted octanol–water partition coefficient (Wildman–Crippen LogP) is 6.67. The molecule has 214 valence electrons. The average Bonchev–Trinajstić information content (AvgIpc) is 2.88. The van der Waals surface area contributed by atoms with Crippen LogP contribution in [0.25, 0.3) is 0 Å². The summed E-state index contributed by atoms with van der Waals surface area (Å²) in [5, 5.41) is 3.70. The van der Waals surface area contributed by atoms with Crippen LogP contribution in [0, 0.1) is 0 Å². The van der Waals surface area contributed by atoms with Crippen molar-refractivity contribution in [2.24, 2.45) is 0 Å². The normalized spacial score (nSPS) is 12.5. The molecule has 0 aromatic heterocycles. The average molecular weight is 669 g/mol. The molecule has 0 radical (unpaired) electrons. The minimum atomic E-state index is -4.14. The number of anilines is 1. The number of hydrogen-bond acceptors (Lipinski definition) is 4. The minimum absolute atomic E-state index is 0.0233. The van der Waals surface area contributed by atoms with Crippen LogP contribution in [0.3, 0.4) is 0 Å². The summed E-state index contributed by atoms with van der Waals surface area (Å²) >= 11 is 15.9. The first kappa shape index (κ1) is 31.9. The molecule has 0 saturated carbocycles. The molecule has 0 spiro atoms. The first-order valence-electron chi connectivity index (χ1n) is 12.6. The summed E-state index contributed by atoms with van der Waals surface area (Å²) < 4.78 is 29.4. The fourth-order valence-corrected chi connectivity index (χ4v) is 6.23. The van der Waals surface area contributed by atoms with E-state index in [4.69, 9.17) is 23.2 Å². The van der Waals surface area contributed by atoms with Crippen LogP contribution in [0.4, 0.5) is 5.69 Å². The van der Waals surface area contributed by atoms with Crippen LogP contribution in [0.2, 0.25) is 10.0 Å². The van der Waals surface area contributed by atoms with Gasteiger partial charge in [0.05, 0.1) is 10.6 Å². The van der Waals surface area contributed by atoms with E-state index in [9.17, 15) is 18.0 Å². The van der Waals surface area contributed by atoms with Gasteiger partial charge in [0, 0.05) is 26.6 Å². The van der Waals surface area contributed by atoms with E-state index in [1.807, 2.05) is 20.8 Å². The van der Waals surface area contributed by atoms with Gasteiger partial charge in [-0.05, 0) is 81.3 Å². The SMILES string of the molecule is CC[C@@H](C(=O)NC(C)(C)C)N(Cc1ccc(Cl)cc1Cl)C(=O)CN(c1ccc(Br)cc1)S(=O)(=O)c1ccccc1. The zero-order chi connectivity index (χ0) is 29.7. The maximum atomic E-state index is 14.1. The molecule has 0 fully saturated rings. The lowest BCUT2D eigenvalue weighted by molar-refractivity contribution is -0.141. The lowest BCUT2D eigenvalue weighted by Gasteiger charge is -2.35. The van der Waals surface area contributed by atoms with Crippen molar-refractivity contribution in [1.82, 2.24) is 10.2 Å². The summed E-state index contributed by atoms with van der Waals surface area (Å²) in [6.45, 7) is 6.78. The fourth-order valence-electron chi connectivity index (χ4n) is 4.06. The van der Waals surface area contributed by atoms with Gasteiger partial charge < -0.3 is 10.2 Å². The Labute approximate surface area is 254 Å². The van der Waals surface area contributed by atoms with Crippen molar-refractivity contribution in [1.29, 1.82) is 0 Å². The Hall–Kier alpha value is -2.59. The largest absolute Gasteiger partial charge is 0.350 e. The van der Waals surface area contributed by atoms with E-state index in [0.29, 0.717) is 27.7 Å². The van der Waals surface area contributed by atoms with Gasteiger partial charge in [-0.15, -0.1) is 0 Å². The first-order chi connectivity index (χ1) is 18.7. The van der Waals surface area contributed by atoms with Gasteiger partial charge in [0.15, 0.2) is 0 Å². The van der Waals surface area contributed by atoms with Gasteiger partial charge in [0.25, 0.3) is 10.0 Å². The Bertz CT molecular complexity index is 1450. The lowest BCUT2D eigenvalue weighted by atomic mass is 10.1. The minimum Gasteiger partial charge on any atom is -0.350 e. The molecule has 0 aliphatic heterocycles. The van der Waals surface area contributed by atoms with E-state index < -0.39 is 34.1 Å². The second-order valence-corrected chi connectivity index (χ2v) is 13.8. The molecule has 0 aliphatic carbocycles. The quantitative estimate of drug-likeness (QED) is 0.261. The Balaban J connectivity index is 2.08. The van der Waals surface area contributed by atoms with Crippen molar-refractivity contribution in [3.63, 3.8) is 0 Å². The van der Waals surface area contributed by atoms with Crippen molar-refractivity contribution in [2.45, 2.75) is 57.1 Å². The van der Waals surface area contributed by atoms with E-state index in [-0.39, 0.29) is 17.3 Å². The molecule has 1 atom stereocenters. The molecule has 0 bridgehead atoms. The number of benzene rings is 3. The van der Waals surface area contributed by atoms with E-state index in [1.165, 1.54) is 17.0 Å². The molecule has 0 heterocycles. The van der Waals surface area contributed by atoms with Crippen LogP contribution < -0.4 is 9.62 Å². The summed E-state index contributed by atoms with van der Waals surface area (Å²) in [6.07, 6.45) is 0.294.